The van der Waals surface area contributed by atoms with Crippen LogP contribution < -0.4 is 10.1 Å². The number of fused-ring (bicyclic) bond motifs is 3. The molecule has 1 N–H and O–H groups in total. The topological polar surface area (TPSA) is 72.4 Å². The number of ether oxygens (including phenoxy) is 2. The van der Waals surface area contributed by atoms with Crippen LogP contribution in [0.15, 0.2) is 11.6 Å². The molecule has 7 nitrogen and oxygen atoms in total. The van der Waals surface area contributed by atoms with Gasteiger partial charge in [-0.15, -0.1) is 11.3 Å². The summed E-state index contributed by atoms with van der Waals surface area (Å²) in [4.78, 5) is 14.1. The van der Waals surface area contributed by atoms with Crippen LogP contribution in [0.25, 0.3) is 10.2 Å². The average Bonchev–Trinajstić information content (AvgIpc) is 3.35. The predicted molar refractivity (Wildman–Crippen MR) is 117 cm³/mol. The van der Waals surface area contributed by atoms with Crippen molar-refractivity contribution in [2.45, 2.75) is 50.9 Å². The molecule has 29 heavy (non-hydrogen) atoms. The lowest BCUT2D eigenvalue weighted by Crippen LogP contribution is -2.35. The van der Waals surface area contributed by atoms with Crippen molar-refractivity contribution in [2.24, 2.45) is 0 Å². The van der Waals surface area contributed by atoms with Gasteiger partial charge in [0.2, 0.25) is 11.8 Å². The van der Waals surface area contributed by atoms with E-state index in [9.17, 15) is 0 Å². The van der Waals surface area contributed by atoms with Gasteiger partial charge in [0.15, 0.2) is 0 Å². The summed E-state index contributed by atoms with van der Waals surface area (Å²) in [7, 11) is 4.33. The van der Waals surface area contributed by atoms with Gasteiger partial charge < -0.3 is 19.7 Å². The molecule has 0 saturated heterocycles. The SMILES string of the molecule is CN(C)[C@H]1CC[C@H](Oc2nc(Nc3cnsc3)nc3sc4c(c23)CCOC4)CC1. The van der Waals surface area contributed by atoms with Crippen molar-refractivity contribution in [1.29, 1.82) is 0 Å². The number of aromatic nitrogens is 3. The highest BCUT2D eigenvalue weighted by Gasteiger charge is 2.27. The van der Waals surface area contributed by atoms with Crippen LogP contribution in [-0.4, -0.2) is 52.1 Å². The summed E-state index contributed by atoms with van der Waals surface area (Å²) in [6.07, 6.45) is 7.32. The van der Waals surface area contributed by atoms with Gasteiger partial charge in [-0.05, 0) is 63.3 Å². The monoisotopic (exact) mass is 431 g/mol. The maximum atomic E-state index is 6.52. The van der Waals surface area contributed by atoms with Crippen LogP contribution >= 0.6 is 22.9 Å². The van der Waals surface area contributed by atoms with Gasteiger partial charge in [0.05, 0.1) is 30.5 Å². The molecule has 0 radical (unpaired) electrons. The zero-order valence-corrected chi connectivity index (χ0v) is 18.3. The van der Waals surface area contributed by atoms with Crippen LogP contribution in [-0.2, 0) is 17.8 Å². The van der Waals surface area contributed by atoms with Gasteiger partial charge in [-0.2, -0.15) is 9.36 Å². The fraction of sp³-hybridized carbons (Fsp3) is 0.550. The first kappa shape index (κ1) is 19.2. The van der Waals surface area contributed by atoms with E-state index in [2.05, 4.69) is 28.7 Å². The Balaban J connectivity index is 1.47. The second-order valence-electron chi connectivity index (χ2n) is 7.89. The maximum Gasteiger partial charge on any atom is 0.231 e. The first-order valence-electron chi connectivity index (χ1n) is 10.1. The third-order valence-electron chi connectivity index (χ3n) is 5.77. The average molecular weight is 432 g/mol. The summed E-state index contributed by atoms with van der Waals surface area (Å²) < 4.78 is 16.3. The minimum atomic E-state index is 0.204. The highest BCUT2D eigenvalue weighted by molar-refractivity contribution is 7.18. The minimum Gasteiger partial charge on any atom is -0.474 e. The van der Waals surface area contributed by atoms with Crippen LogP contribution in [0.3, 0.4) is 0 Å². The molecule has 0 bridgehead atoms. The van der Waals surface area contributed by atoms with Crippen molar-refractivity contribution in [1.82, 2.24) is 19.2 Å². The van der Waals surface area contributed by atoms with E-state index in [-0.39, 0.29) is 6.10 Å². The smallest absolute Gasteiger partial charge is 0.231 e. The summed E-state index contributed by atoms with van der Waals surface area (Å²) in [5.74, 6) is 1.28. The van der Waals surface area contributed by atoms with Crippen LogP contribution in [0.4, 0.5) is 11.6 Å². The first-order chi connectivity index (χ1) is 14.2. The molecule has 1 saturated carbocycles. The van der Waals surface area contributed by atoms with Crippen molar-refractivity contribution >= 4 is 44.7 Å². The van der Waals surface area contributed by atoms with E-state index < -0.39 is 0 Å². The summed E-state index contributed by atoms with van der Waals surface area (Å²) in [5, 5.41) is 6.30. The Morgan fingerprint density at radius 3 is 2.83 bits per heavy atom. The van der Waals surface area contributed by atoms with Crippen molar-refractivity contribution in [3.8, 4) is 5.88 Å². The second-order valence-corrected chi connectivity index (χ2v) is 9.63. The molecule has 154 valence electrons. The Kier molecular flexibility index (Phi) is 5.38. The number of hydrogen-bond acceptors (Lipinski definition) is 9. The molecule has 0 unspecified atom stereocenters. The number of anilines is 2. The molecule has 4 heterocycles. The van der Waals surface area contributed by atoms with Gasteiger partial charge >= 0.3 is 0 Å². The van der Waals surface area contributed by atoms with Crippen LogP contribution in [0.5, 0.6) is 5.88 Å². The number of hydrogen-bond donors (Lipinski definition) is 1. The first-order valence-corrected chi connectivity index (χ1v) is 11.7. The third-order valence-corrected chi connectivity index (χ3v) is 7.46. The lowest BCUT2D eigenvalue weighted by molar-refractivity contribution is 0.108. The van der Waals surface area contributed by atoms with Gasteiger partial charge in [0.25, 0.3) is 0 Å². The van der Waals surface area contributed by atoms with Crippen molar-refractivity contribution in [3.05, 3.63) is 22.0 Å². The highest BCUT2D eigenvalue weighted by atomic mass is 32.1. The Morgan fingerprint density at radius 2 is 2.07 bits per heavy atom. The zero-order valence-electron chi connectivity index (χ0n) is 16.7. The summed E-state index contributed by atoms with van der Waals surface area (Å²) in [6.45, 7) is 1.40. The Morgan fingerprint density at radius 1 is 1.21 bits per heavy atom. The molecule has 9 heteroatoms. The number of nitrogens with zero attached hydrogens (tertiary/aromatic N) is 4. The van der Waals surface area contributed by atoms with Crippen molar-refractivity contribution in [2.75, 3.05) is 26.0 Å². The van der Waals surface area contributed by atoms with Crippen LogP contribution in [0.2, 0.25) is 0 Å². The molecule has 0 aromatic carbocycles. The van der Waals surface area contributed by atoms with E-state index in [1.54, 1.807) is 17.5 Å². The van der Waals surface area contributed by atoms with Crippen LogP contribution in [0, 0.1) is 0 Å². The zero-order chi connectivity index (χ0) is 19.8. The molecule has 1 aliphatic carbocycles. The number of thiophene rings is 1. The molecule has 0 atom stereocenters. The van der Waals surface area contributed by atoms with E-state index >= 15 is 0 Å². The number of nitrogens with one attached hydrogen (secondary N) is 1. The molecular formula is C20H25N5O2S2. The Bertz CT molecular complexity index is 981. The highest BCUT2D eigenvalue weighted by Crippen LogP contribution is 2.40. The largest absolute Gasteiger partial charge is 0.474 e. The Labute approximate surface area is 178 Å². The van der Waals surface area contributed by atoms with Gasteiger partial charge in [-0.3, -0.25) is 0 Å². The van der Waals surface area contributed by atoms with E-state index in [4.69, 9.17) is 19.4 Å². The van der Waals surface area contributed by atoms with Crippen molar-refractivity contribution in [3.63, 3.8) is 0 Å². The number of rotatable bonds is 5. The molecule has 3 aromatic rings. The molecular weight excluding hydrogens is 406 g/mol. The van der Waals surface area contributed by atoms with Gasteiger partial charge in [-0.1, -0.05) is 0 Å². The normalized spacial score (nSPS) is 22.0. The lowest BCUT2D eigenvalue weighted by Gasteiger charge is -2.32. The quantitative estimate of drug-likeness (QED) is 0.648. The molecule has 2 aliphatic rings. The molecule has 1 aliphatic heterocycles. The molecule has 0 amide bonds. The molecule has 0 spiro atoms. The van der Waals surface area contributed by atoms with Crippen molar-refractivity contribution < 1.29 is 9.47 Å². The summed E-state index contributed by atoms with van der Waals surface area (Å²) in [5.41, 5.74) is 2.20. The fourth-order valence-electron chi connectivity index (χ4n) is 4.16. The minimum absolute atomic E-state index is 0.204. The molecule has 5 rings (SSSR count). The van der Waals surface area contributed by atoms with Gasteiger partial charge in [0, 0.05) is 16.3 Å². The second kappa shape index (κ2) is 8.14. The lowest BCUT2D eigenvalue weighted by atomic mass is 9.92. The summed E-state index contributed by atoms with van der Waals surface area (Å²) in [6, 6.07) is 0.648. The molecule has 3 aromatic heterocycles. The van der Waals surface area contributed by atoms with Crippen LogP contribution in [0.1, 0.15) is 36.1 Å². The third kappa shape index (κ3) is 3.96. The molecule has 1 fully saturated rings. The van der Waals surface area contributed by atoms with Gasteiger partial charge in [0.1, 0.15) is 10.9 Å². The predicted octanol–water partition coefficient (Wildman–Crippen LogP) is 4.22. The van der Waals surface area contributed by atoms with Gasteiger partial charge in [-0.25, -0.2) is 4.98 Å². The van der Waals surface area contributed by atoms with E-state index in [1.165, 1.54) is 22.0 Å². The fourth-order valence-corrected chi connectivity index (χ4v) is 5.78. The van der Waals surface area contributed by atoms with E-state index in [0.29, 0.717) is 24.5 Å². The van der Waals surface area contributed by atoms with E-state index in [0.717, 1.165) is 54.6 Å². The Hall–Kier alpha value is -1.81. The maximum absolute atomic E-state index is 6.52. The summed E-state index contributed by atoms with van der Waals surface area (Å²) >= 11 is 3.09. The standard InChI is InChI=1S/C20H25N5O2S2/c1-25(2)13-3-5-14(6-4-13)27-18-17-15-7-8-26-10-16(15)29-19(17)24-20(23-18)22-12-9-21-28-11-12/h9,11,13-14H,3-8,10H2,1-2H3,(H,22,23,24)/t13-,14-. The van der Waals surface area contributed by atoms with E-state index in [1.807, 2.05) is 5.38 Å².